The van der Waals surface area contributed by atoms with Gasteiger partial charge in [0.2, 0.25) is 0 Å². The van der Waals surface area contributed by atoms with Gasteiger partial charge in [-0.15, -0.1) is 0 Å². The van der Waals surface area contributed by atoms with Crippen molar-refractivity contribution in [2.24, 2.45) is 5.92 Å². The fraction of sp³-hybridized carbons (Fsp3) is 0.276. The van der Waals surface area contributed by atoms with Gasteiger partial charge < -0.3 is 9.47 Å². The van der Waals surface area contributed by atoms with Crippen molar-refractivity contribution in [2.45, 2.75) is 38.5 Å². The summed E-state index contributed by atoms with van der Waals surface area (Å²) in [5.41, 5.74) is 2.03. The number of esters is 1. The molecule has 0 saturated heterocycles. The Morgan fingerprint density at radius 1 is 0.971 bits per heavy atom. The summed E-state index contributed by atoms with van der Waals surface area (Å²) in [7, 11) is 0. The van der Waals surface area contributed by atoms with Crippen LogP contribution in [0.15, 0.2) is 61.2 Å². The molecule has 182 valence electrons. The van der Waals surface area contributed by atoms with E-state index in [-0.39, 0.29) is 28.9 Å². The molecule has 0 aromatic heterocycles. The second kappa shape index (κ2) is 10.8. The highest BCUT2D eigenvalue weighted by Gasteiger charge is 2.31. The summed E-state index contributed by atoms with van der Waals surface area (Å²) < 4.78 is 54.5. The van der Waals surface area contributed by atoms with E-state index in [4.69, 9.17) is 9.47 Å². The first-order chi connectivity index (χ1) is 16.9. The van der Waals surface area contributed by atoms with E-state index in [0.717, 1.165) is 11.6 Å². The first kappa shape index (κ1) is 24.6. The van der Waals surface area contributed by atoms with E-state index < -0.39 is 23.4 Å². The minimum Gasteiger partial charge on any atom is -0.491 e. The minimum atomic E-state index is -0.868. The molecule has 3 aromatic carbocycles. The van der Waals surface area contributed by atoms with Gasteiger partial charge in [-0.1, -0.05) is 49.1 Å². The van der Waals surface area contributed by atoms with Crippen LogP contribution in [0.3, 0.4) is 0 Å². The Balaban J connectivity index is 1.40. The second-order valence-corrected chi connectivity index (χ2v) is 8.65. The van der Waals surface area contributed by atoms with Gasteiger partial charge in [-0.2, -0.15) is 0 Å². The van der Waals surface area contributed by atoms with E-state index in [9.17, 15) is 13.6 Å². The number of rotatable bonds is 7. The lowest BCUT2D eigenvalue weighted by molar-refractivity contribution is -0.140. The number of hydrogen-bond acceptors (Lipinski definition) is 3. The van der Waals surface area contributed by atoms with Crippen LogP contribution in [0.2, 0.25) is 0 Å². The summed E-state index contributed by atoms with van der Waals surface area (Å²) in [6, 6.07) is 14.4. The predicted octanol–water partition coefficient (Wildman–Crippen LogP) is 7.69. The predicted molar refractivity (Wildman–Crippen MR) is 130 cm³/mol. The molecule has 0 unspecified atom stereocenters. The van der Waals surface area contributed by atoms with Crippen molar-refractivity contribution in [1.29, 1.82) is 0 Å². The third-order valence-electron chi connectivity index (χ3n) is 6.49. The average Bonchev–Trinajstić information content (AvgIpc) is 2.87. The molecule has 0 heterocycles. The molecule has 1 fully saturated rings. The zero-order valence-electron chi connectivity index (χ0n) is 19.5. The minimum absolute atomic E-state index is 0.0989. The normalized spacial score (nSPS) is 17.6. The lowest BCUT2D eigenvalue weighted by Crippen LogP contribution is -2.25. The van der Waals surface area contributed by atoms with Gasteiger partial charge in [-0.05, 0) is 67.3 Å². The van der Waals surface area contributed by atoms with Crippen molar-refractivity contribution in [2.75, 3.05) is 6.61 Å². The van der Waals surface area contributed by atoms with Crippen molar-refractivity contribution in [3.05, 3.63) is 89.8 Å². The zero-order chi connectivity index (χ0) is 24.9. The summed E-state index contributed by atoms with van der Waals surface area (Å²) in [5.74, 6) is -3.11. The Morgan fingerprint density at radius 2 is 1.69 bits per heavy atom. The molecule has 6 heteroatoms. The van der Waals surface area contributed by atoms with E-state index in [1.165, 1.54) is 12.1 Å². The van der Waals surface area contributed by atoms with Gasteiger partial charge in [0.15, 0.2) is 23.2 Å². The van der Waals surface area contributed by atoms with E-state index in [0.29, 0.717) is 43.4 Å². The number of carbonyl (C=O) groups excluding carboxylic acids is 1. The zero-order valence-corrected chi connectivity index (χ0v) is 19.5. The molecule has 4 rings (SSSR count). The molecule has 0 amide bonds. The Hall–Kier alpha value is -3.54. The monoisotopic (exact) mass is 480 g/mol. The van der Waals surface area contributed by atoms with Crippen LogP contribution in [0.1, 0.15) is 49.7 Å². The van der Waals surface area contributed by atoms with Crippen LogP contribution in [-0.4, -0.2) is 12.6 Å². The summed E-state index contributed by atoms with van der Waals surface area (Å²) in [4.78, 5) is 12.6. The van der Waals surface area contributed by atoms with E-state index in [1.54, 1.807) is 49.4 Å². The Kier molecular flexibility index (Phi) is 7.59. The van der Waals surface area contributed by atoms with Gasteiger partial charge in [0.25, 0.3) is 0 Å². The Morgan fingerprint density at radius 3 is 2.31 bits per heavy atom. The third kappa shape index (κ3) is 5.42. The molecule has 0 spiro atoms. The topological polar surface area (TPSA) is 35.5 Å². The van der Waals surface area contributed by atoms with Crippen molar-refractivity contribution >= 4 is 12.0 Å². The summed E-state index contributed by atoms with van der Waals surface area (Å²) in [5, 5.41) is 0. The maximum atomic E-state index is 15.0. The number of carbonyl (C=O) groups is 1. The molecule has 1 aliphatic rings. The number of ether oxygens (including phenoxy) is 2. The molecule has 1 saturated carbocycles. The molecule has 0 aliphatic heterocycles. The summed E-state index contributed by atoms with van der Waals surface area (Å²) >= 11 is 0. The maximum Gasteiger partial charge on any atom is 0.314 e. The Bertz CT molecular complexity index is 1210. The summed E-state index contributed by atoms with van der Waals surface area (Å²) in [6.07, 6.45) is 3.71. The first-order valence-corrected chi connectivity index (χ1v) is 11.8. The molecular weight excluding hydrogens is 453 g/mol. The van der Waals surface area contributed by atoms with Crippen LogP contribution in [-0.2, 0) is 4.79 Å². The summed E-state index contributed by atoms with van der Waals surface area (Å²) in [6.45, 7) is 5.77. The highest BCUT2D eigenvalue weighted by atomic mass is 19.2. The van der Waals surface area contributed by atoms with Gasteiger partial charge in [-0.25, -0.2) is 13.2 Å². The number of hydrogen-bond donors (Lipinski definition) is 0. The maximum absolute atomic E-state index is 15.0. The molecule has 0 radical (unpaired) electrons. The van der Waals surface area contributed by atoms with Crippen molar-refractivity contribution in [3.8, 4) is 22.6 Å². The van der Waals surface area contributed by atoms with Crippen LogP contribution in [0.4, 0.5) is 13.2 Å². The largest absolute Gasteiger partial charge is 0.491 e. The molecular formula is C29H27F3O3. The molecule has 3 nitrogen and oxygen atoms in total. The van der Waals surface area contributed by atoms with Gasteiger partial charge >= 0.3 is 5.97 Å². The van der Waals surface area contributed by atoms with E-state index >= 15 is 4.39 Å². The molecule has 0 N–H and O–H groups in total. The van der Waals surface area contributed by atoms with Crippen LogP contribution in [0.25, 0.3) is 17.2 Å². The SMILES string of the molecule is C=Cc1ccc(-c2ccc(C3CCC(C(=O)Oc4ccc(OCC)c(F)c4)CC3)c(F)c2F)cc1. The van der Waals surface area contributed by atoms with Crippen LogP contribution in [0, 0.1) is 23.4 Å². The molecule has 35 heavy (non-hydrogen) atoms. The number of benzene rings is 3. The van der Waals surface area contributed by atoms with Gasteiger partial charge in [-0.3, -0.25) is 4.79 Å². The van der Waals surface area contributed by atoms with E-state index in [1.807, 2.05) is 0 Å². The average molecular weight is 481 g/mol. The molecule has 0 bridgehead atoms. The van der Waals surface area contributed by atoms with Crippen LogP contribution >= 0.6 is 0 Å². The van der Waals surface area contributed by atoms with Crippen molar-refractivity contribution in [1.82, 2.24) is 0 Å². The van der Waals surface area contributed by atoms with Crippen molar-refractivity contribution in [3.63, 3.8) is 0 Å². The van der Waals surface area contributed by atoms with Gasteiger partial charge in [0.05, 0.1) is 12.5 Å². The Labute approximate surface area is 203 Å². The fourth-order valence-corrected chi connectivity index (χ4v) is 4.56. The standard InChI is InChI=1S/C29H27F3O3/c1-3-18-5-7-19(8-6-18)23-14-15-24(28(32)27(23)31)20-9-11-21(12-10-20)29(33)35-22-13-16-26(34-4-2)25(30)17-22/h3,5-8,13-17,20-21H,1,4,9-12H2,2H3. The second-order valence-electron chi connectivity index (χ2n) is 8.65. The smallest absolute Gasteiger partial charge is 0.314 e. The highest BCUT2D eigenvalue weighted by Crippen LogP contribution is 2.39. The number of halogens is 3. The van der Waals surface area contributed by atoms with Gasteiger partial charge in [0.1, 0.15) is 5.75 Å². The molecule has 0 atom stereocenters. The lowest BCUT2D eigenvalue weighted by Gasteiger charge is -2.28. The lowest BCUT2D eigenvalue weighted by atomic mass is 9.78. The quantitative estimate of drug-likeness (QED) is 0.257. The van der Waals surface area contributed by atoms with Crippen LogP contribution in [0.5, 0.6) is 11.5 Å². The fourth-order valence-electron chi connectivity index (χ4n) is 4.56. The molecule has 1 aliphatic carbocycles. The molecule has 3 aromatic rings. The van der Waals surface area contributed by atoms with Crippen LogP contribution < -0.4 is 9.47 Å². The third-order valence-corrected chi connectivity index (χ3v) is 6.49. The van der Waals surface area contributed by atoms with Gasteiger partial charge in [0, 0.05) is 11.6 Å². The first-order valence-electron chi connectivity index (χ1n) is 11.8. The highest BCUT2D eigenvalue weighted by molar-refractivity contribution is 5.75. The van der Waals surface area contributed by atoms with E-state index in [2.05, 4.69) is 6.58 Å². The van der Waals surface area contributed by atoms with Crippen molar-refractivity contribution < 1.29 is 27.4 Å².